The Bertz CT molecular complexity index is 537. The highest BCUT2D eigenvalue weighted by atomic mass is 16.3. The van der Waals surface area contributed by atoms with Crippen molar-refractivity contribution in [2.24, 2.45) is 0 Å². The van der Waals surface area contributed by atoms with E-state index in [0.29, 0.717) is 19.5 Å². The summed E-state index contributed by atoms with van der Waals surface area (Å²) in [5.74, 6) is 0.980. The van der Waals surface area contributed by atoms with E-state index in [1.54, 1.807) is 6.26 Å². The summed E-state index contributed by atoms with van der Waals surface area (Å²) in [6.07, 6.45) is 2.14. The number of nitrogens with one attached hydrogen (secondary N) is 1. The Morgan fingerprint density at radius 3 is 2.67 bits per heavy atom. The lowest BCUT2D eigenvalue weighted by atomic mass is 10.1. The topological polar surface area (TPSA) is 45.5 Å². The van der Waals surface area contributed by atoms with Crippen molar-refractivity contribution in [3.63, 3.8) is 0 Å². The van der Waals surface area contributed by atoms with E-state index in [1.807, 2.05) is 56.4 Å². The number of carbonyl (C=O) groups is 1. The molecule has 1 heterocycles. The maximum absolute atomic E-state index is 12.0. The molecule has 1 aromatic heterocycles. The molecule has 1 aromatic carbocycles. The minimum Gasteiger partial charge on any atom is -0.468 e. The molecule has 4 heteroatoms. The van der Waals surface area contributed by atoms with Gasteiger partial charge < -0.3 is 9.73 Å². The van der Waals surface area contributed by atoms with Gasteiger partial charge in [-0.2, -0.15) is 0 Å². The van der Waals surface area contributed by atoms with Crippen molar-refractivity contribution < 1.29 is 9.21 Å². The van der Waals surface area contributed by atoms with E-state index < -0.39 is 0 Å². The van der Waals surface area contributed by atoms with E-state index in [1.165, 1.54) is 0 Å². The minimum absolute atomic E-state index is 0.0362. The van der Waals surface area contributed by atoms with Gasteiger partial charge >= 0.3 is 0 Å². The van der Waals surface area contributed by atoms with Gasteiger partial charge in [0.15, 0.2) is 0 Å². The van der Waals surface area contributed by atoms with Crippen molar-refractivity contribution in [3.05, 3.63) is 60.1 Å². The largest absolute Gasteiger partial charge is 0.468 e. The predicted octanol–water partition coefficient (Wildman–Crippen LogP) is 2.98. The highest BCUT2D eigenvalue weighted by Crippen LogP contribution is 2.11. The molecule has 1 atom stereocenters. The lowest BCUT2D eigenvalue weighted by molar-refractivity contribution is -0.122. The zero-order valence-corrected chi connectivity index (χ0v) is 12.6. The summed E-state index contributed by atoms with van der Waals surface area (Å²) in [7, 11) is 1.98. The predicted molar refractivity (Wildman–Crippen MR) is 82.7 cm³/mol. The lowest BCUT2D eigenvalue weighted by Crippen LogP contribution is -2.30. The van der Waals surface area contributed by atoms with Crippen LogP contribution in [-0.4, -0.2) is 24.4 Å². The molecule has 1 amide bonds. The highest BCUT2D eigenvalue weighted by Gasteiger charge is 2.10. The van der Waals surface area contributed by atoms with Crippen LogP contribution in [0.4, 0.5) is 0 Å². The van der Waals surface area contributed by atoms with Gasteiger partial charge in [0, 0.05) is 13.0 Å². The molecule has 0 aliphatic carbocycles. The number of nitrogens with zero attached hydrogens (tertiary/aromatic N) is 1. The summed E-state index contributed by atoms with van der Waals surface area (Å²) in [6.45, 7) is 3.42. The van der Waals surface area contributed by atoms with E-state index in [2.05, 4.69) is 10.2 Å². The Kier molecular flexibility index (Phi) is 5.58. The van der Waals surface area contributed by atoms with Crippen LogP contribution in [0.15, 0.2) is 53.1 Å². The Labute approximate surface area is 125 Å². The van der Waals surface area contributed by atoms with E-state index >= 15 is 0 Å². The van der Waals surface area contributed by atoms with Crippen LogP contribution in [0.1, 0.15) is 30.7 Å². The first-order chi connectivity index (χ1) is 10.1. The number of rotatable bonds is 7. The molecule has 0 saturated carbocycles. The summed E-state index contributed by atoms with van der Waals surface area (Å²) in [4.78, 5) is 14.0. The fourth-order valence-corrected chi connectivity index (χ4v) is 2.18. The molecule has 0 spiro atoms. The van der Waals surface area contributed by atoms with E-state index in [-0.39, 0.29) is 11.9 Å². The zero-order chi connectivity index (χ0) is 15.1. The Morgan fingerprint density at radius 1 is 1.24 bits per heavy atom. The number of carbonyl (C=O) groups excluding carboxylic acids is 1. The Morgan fingerprint density at radius 2 is 2.00 bits per heavy atom. The van der Waals surface area contributed by atoms with Crippen LogP contribution in [0.3, 0.4) is 0 Å². The molecule has 2 rings (SSSR count). The first kappa shape index (κ1) is 15.3. The van der Waals surface area contributed by atoms with Crippen molar-refractivity contribution in [1.82, 2.24) is 10.2 Å². The van der Waals surface area contributed by atoms with Gasteiger partial charge in [0.2, 0.25) is 5.91 Å². The van der Waals surface area contributed by atoms with Crippen molar-refractivity contribution in [1.29, 1.82) is 0 Å². The van der Waals surface area contributed by atoms with Crippen molar-refractivity contribution in [2.75, 3.05) is 13.6 Å². The van der Waals surface area contributed by atoms with Gasteiger partial charge in [0.05, 0.1) is 18.8 Å². The third-order valence-electron chi connectivity index (χ3n) is 3.40. The van der Waals surface area contributed by atoms with E-state index in [9.17, 15) is 4.79 Å². The first-order valence-corrected chi connectivity index (χ1v) is 7.20. The number of furan rings is 1. The molecule has 2 aromatic rings. The summed E-state index contributed by atoms with van der Waals surface area (Å²) >= 11 is 0. The molecule has 1 unspecified atom stereocenters. The Balaban J connectivity index is 1.72. The summed E-state index contributed by atoms with van der Waals surface area (Å²) in [5, 5.41) is 3.02. The lowest BCUT2D eigenvalue weighted by Gasteiger charge is -2.17. The number of hydrogen-bond donors (Lipinski definition) is 1. The zero-order valence-electron chi connectivity index (χ0n) is 12.6. The standard InChI is InChI=1S/C17H22N2O2/c1-14(15-7-4-3-5-8-15)18-17(20)10-11-19(2)13-16-9-6-12-21-16/h3-9,12,14H,10-11,13H2,1-2H3,(H,18,20). The summed E-state index contributed by atoms with van der Waals surface area (Å²) in [6, 6.07) is 13.8. The van der Waals surface area contributed by atoms with Gasteiger partial charge in [-0.15, -0.1) is 0 Å². The smallest absolute Gasteiger partial charge is 0.221 e. The molecule has 21 heavy (non-hydrogen) atoms. The second kappa shape index (κ2) is 7.64. The first-order valence-electron chi connectivity index (χ1n) is 7.20. The van der Waals surface area contributed by atoms with Gasteiger partial charge in [0.25, 0.3) is 0 Å². The molecular formula is C17H22N2O2. The van der Waals surface area contributed by atoms with Crippen LogP contribution >= 0.6 is 0 Å². The van der Waals surface area contributed by atoms with Gasteiger partial charge in [-0.25, -0.2) is 0 Å². The van der Waals surface area contributed by atoms with Crippen molar-refractivity contribution in [2.45, 2.75) is 25.9 Å². The Hall–Kier alpha value is -2.07. The molecule has 0 fully saturated rings. The molecule has 4 nitrogen and oxygen atoms in total. The molecule has 0 saturated heterocycles. The van der Waals surface area contributed by atoms with E-state index in [0.717, 1.165) is 11.3 Å². The molecule has 1 N–H and O–H groups in total. The van der Waals surface area contributed by atoms with Crippen LogP contribution < -0.4 is 5.32 Å². The third-order valence-corrected chi connectivity index (χ3v) is 3.40. The molecular weight excluding hydrogens is 264 g/mol. The average molecular weight is 286 g/mol. The van der Waals surface area contributed by atoms with Gasteiger partial charge in [-0.3, -0.25) is 9.69 Å². The molecule has 0 bridgehead atoms. The molecule has 112 valence electrons. The average Bonchev–Trinajstić information content (AvgIpc) is 2.99. The highest BCUT2D eigenvalue weighted by molar-refractivity contribution is 5.76. The van der Waals surface area contributed by atoms with Crippen LogP contribution in [0.5, 0.6) is 0 Å². The fourth-order valence-electron chi connectivity index (χ4n) is 2.18. The van der Waals surface area contributed by atoms with Crippen molar-refractivity contribution in [3.8, 4) is 0 Å². The fraction of sp³-hybridized carbons (Fsp3) is 0.353. The van der Waals surface area contributed by atoms with Crippen molar-refractivity contribution >= 4 is 5.91 Å². The molecule has 0 aliphatic rings. The van der Waals surface area contributed by atoms with Gasteiger partial charge in [-0.1, -0.05) is 30.3 Å². The minimum atomic E-state index is 0.0362. The summed E-state index contributed by atoms with van der Waals surface area (Å²) in [5.41, 5.74) is 1.12. The normalized spacial score (nSPS) is 12.3. The van der Waals surface area contributed by atoms with Gasteiger partial charge in [-0.05, 0) is 31.7 Å². The second-order valence-corrected chi connectivity index (χ2v) is 5.27. The monoisotopic (exact) mass is 286 g/mol. The third kappa shape index (κ3) is 5.08. The van der Waals surface area contributed by atoms with Crippen LogP contribution in [0, 0.1) is 0 Å². The van der Waals surface area contributed by atoms with Gasteiger partial charge in [0.1, 0.15) is 5.76 Å². The van der Waals surface area contributed by atoms with Crippen LogP contribution in [0.2, 0.25) is 0 Å². The maximum Gasteiger partial charge on any atom is 0.221 e. The molecule has 0 radical (unpaired) electrons. The second-order valence-electron chi connectivity index (χ2n) is 5.27. The number of hydrogen-bond acceptors (Lipinski definition) is 3. The SMILES string of the molecule is CC(NC(=O)CCN(C)Cc1ccco1)c1ccccc1. The number of amides is 1. The maximum atomic E-state index is 12.0. The number of benzene rings is 1. The quantitative estimate of drug-likeness (QED) is 0.851. The van der Waals surface area contributed by atoms with Crippen LogP contribution in [0.25, 0.3) is 0 Å². The molecule has 0 aliphatic heterocycles. The van der Waals surface area contributed by atoms with Crippen LogP contribution in [-0.2, 0) is 11.3 Å². The van der Waals surface area contributed by atoms with E-state index in [4.69, 9.17) is 4.42 Å². The summed E-state index contributed by atoms with van der Waals surface area (Å²) < 4.78 is 5.29.